The quantitative estimate of drug-likeness (QED) is 0.563. The number of rotatable bonds is 8. The van der Waals surface area contributed by atoms with E-state index in [0.717, 1.165) is 5.56 Å². The molecule has 0 saturated carbocycles. The van der Waals surface area contributed by atoms with Crippen LogP contribution in [0.5, 0.6) is 5.75 Å². The SMILES string of the molecule is Cc1ccc(OCc2ccc(C(=O)Nc3ccc(S(=O)(=O)NC(C)C)cc3)o2)cc1. The third-order valence-corrected chi connectivity index (χ3v) is 5.78. The molecule has 1 heterocycles. The molecule has 3 rings (SSSR count). The minimum Gasteiger partial charge on any atom is -0.486 e. The van der Waals surface area contributed by atoms with Crippen LogP contribution in [0.4, 0.5) is 5.69 Å². The predicted octanol–water partition coefficient (Wildman–Crippen LogP) is 4.11. The number of hydrogen-bond acceptors (Lipinski definition) is 5. The molecule has 0 aliphatic carbocycles. The van der Waals surface area contributed by atoms with E-state index in [4.69, 9.17) is 9.15 Å². The maximum absolute atomic E-state index is 12.4. The highest BCUT2D eigenvalue weighted by Gasteiger charge is 2.16. The molecule has 30 heavy (non-hydrogen) atoms. The number of ether oxygens (including phenoxy) is 1. The highest BCUT2D eigenvalue weighted by Crippen LogP contribution is 2.18. The summed E-state index contributed by atoms with van der Waals surface area (Å²) in [6.45, 7) is 5.69. The van der Waals surface area contributed by atoms with Crippen LogP contribution in [0.1, 0.15) is 35.7 Å². The average Bonchev–Trinajstić information content (AvgIpc) is 3.16. The van der Waals surface area contributed by atoms with Gasteiger partial charge >= 0.3 is 0 Å². The predicted molar refractivity (Wildman–Crippen MR) is 114 cm³/mol. The molecule has 8 heteroatoms. The van der Waals surface area contributed by atoms with E-state index >= 15 is 0 Å². The van der Waals surface area contributed by atoms with Crippen LogP contribution >= 0.6 is 0 Å². The summed E-state index contributed by atoms with van der Waals surface area (Å²) in [5, 5.41) is 2.68. The van der Waals surface area contributed by atoms with E-state index in [1.54, 1.807) is 26.0 Å². The van der Waals surface area contributed by atoms with Crippen molar-refractivity contribution in [3.05, 3.63) is 77.7 Å². The van der Waals surface area contributed by atoms with Gasteiger partial charge < -0.3 is 14.5 Å². The van der Waals surface area contributed by atoms with Crippen LogP contribution in [0, 0.1) is 6.92 Å². The molecule has 3 aromatic rings. The molecule has 0 saturated heterocycles. The van der Waals surface area contributed by atoms with Gasteiger partial charge in [0.1, 0.15) is 18.1 Å². The van der Waals surface area contributed by atoms with E-state index in [0.29, 0.717) is 17.2 Å². The summed E-state index contributed by atoms with van der Waals surface area (Å²) in [7, 11) is -3.58. The summed E-state index contributed by atoms with van der Waals surface area (Å²) in [6, 6.07) is 16.6. The van der Waals surface area contributed by atoms with Crippen LogP contribution in [-0.2, 0) is 16.6 Å². The van der Waals surface area contributed by atoms with Crippen LogP contribution in [-0.4, -0.2) is 20.4 Å². The Balaban J connectivity index is 1.59. The van der Waals surface area contributed by atoms with E-state index < -0.39 is 15.9 Å². The molecule has 0 fully saturated rings. The topological polar surface area (TPSA) is 97.6 Å². The summed E-state index contributed by atoms with van der Waals surface area (Å²) < 4.78 is 38.0. The van der Waals surface area contributed by atoms with Gasteiger partial charge in [-0.2, -0.15) is 0 Å². The maximum atomic E-state index is 12.4. The largest absolute Gasteiger partial charge is 0.486 e. The van der Waals surface area contributed by atoms with E-state index in [1.165, 1.54) is 24.3 Å². The zero-order valence-corrected chi connectivity index (χ0v) is 17.8. The fraction of sp³-hybridized carbons (Fsp3) is 0.227. The Morgan fingerprint density at radius 3 is 2.30 bits per heavy atom. The summed E-state index contributed by atoms with van der Waals surface area (Å²) in [5.74, 6) is 0.926. The molecule has 1 aromatic heterocycles. The van der Waals surface area contributed by atoms with Gasteiger partial charge in [-0.1, -0.05) is 17.7 Å². The van der Waals surface area contributed by atoms with Gasteiger partial charge in [0, 0.05) is 11.7 Å². The Bertz CT molecular complexity index is 1100. The van der Waals surface area contributed by atoms with E-state index in [-0.39, 0.29) is 23.3 Å². The fourth-order valence-electron chi connectivity index (χ4n) is 2.65. The first-order valence-electron chi connectivity index (χ1n) is 9.45. The summed E-state index contributed by atoms with van der Waals surface area (Å²) in [4.78, 5) is 12.5. The van der Waals surface area contributed by atoms with Crippen molar-refractivity contribution in [3.8, 4) is 5.75 Å². The van der Waals surface area contributed by atoms with Crippen molar-refractivity contribution in [2.24, 2.45) is 0 Å². The molecule has 2 aromatic carbocycles. The Morgan fingerprint density at radius 2 is 1.67 bits per heavy atom. The van der Waals surface area contributed by atoms with E-state index in [1.807, 2.05) is 31.2 Å². The number of carbonyl (C=O) groups excluding carboxylic acids is 1. The third kappa shape index (κ3) is 5.71. The lowest BCUT2D eigenvalue weighted by molar-refractivity contribution is 0.0992. The van der Waals surface area contributed by atoms with Gasteiger partial charge in [0.2, 0.25) is 10.0 Å². The normalized spacial score (nSPS) is 11.5. The van der Waals surface area contributed by atoms with Crippen LogP contribution in [0.3, 0.4) is 0 Å². The zero-order chi connectivity index (χ0) is 21.7. The van der Waals surface area contributed by atoms with Gasteiger partial charge in [-0.15, -0.1) is 0 Å². The monoisotopic (exact) mass is 428 g/mol. The van der Waals surface area contributed by atoms with Crippen molar-refractivity contribution in [2.45, 2.75) is 38.3 Å². The lowest BCUT2D eigenvalue weighted by Crippen LogP contribution is -2.30. The molecule has 1 amide bonds. The smallest absolute Gasteiger partial charge is 0.291 e. The second-order valence-corrected chi connectivity index (χ2v) is 8.84. The molecule has 0 unspecified atom stereocenters. The average molecular weight is 429 g/mol. The molecule has 0 radical (unpaired) electrons. The van der Waals surface area contributed by atoms with E-state index in [9.17, 15) is 13.2 Å². The molecule has 0 spiro atoms. The molecular weight excluding hydrogens is 404 g/mol. The van der Waals surface area contributed by atoms with E-state index in [2.05, 4.69) is 10.0 Å². The molecule has 158 valence electrons. The van der Waals surface area contributed by atoms with Crippen LogP contribution in [0.25, 0.3) is 0 Å². The minimum absolute atomic E-state index is 0.128. The second-order valence-electron chi connectivity index (χ2n) is 7.12. The maximum Gasteiger partial charge on any atom is 0.291 e. The number of sulfonamides is 1. The molecule has 0 aliphatic heterocycles. The lowest BCUT2D eigenvalue weighted by atomic mass is 10.2. The highest BCUT2D eigenvalue weighted by atomic mass is 32.2. The van der Waals surface area contributed by atoms with Crippen molar-refractivity contribution >= 4 is 21.6 Å². The number of anilines is 1. The Morgan fingerprint density at radius 1 is 1.00 bits per heavy atom. The standard InChI is InChI=1S/C22H24N2O5S/c1-15(2)24-30(26,27)20-11-6-17(7-12-20)23-22(25)21-13-10-19(29-21)14-28-18-8-4-16(3)5-9-18/h4-13,15,24H,14H2,1-3H3,(H,23,25). The molecule has 2 N–H and O–H groups in total. The molecule has 0 bridgehead atoms. The van der Waals surface area contributed by atoms with Gasteiger partial charge in [0.25, 0.3) is 5.91 Å². The molecule has 0 atom stereocenters. The van der Waals surface area contributed by atoms with Crippen molar-refractivity contribution in [3.63, 3.8) is 0 Å². The first kappa shape index (κ1) is 21.6. The fourth-order valence-corrected chi connectivity index (χ4v) is 3.91. The zero-order valence-electron chi connectivity index (χ0n) is 17.0. The van der Waals surface area contributed by atoms with Crippen molar-refractivity contribution < 1.29 is 22.4 Å². The van der Waals surface area contributed by atoms with Crippen molar-refractivity contribution in [2.75, 3.05) is 5.32 Å². The first-order chi connectivity index (χ1) is 14.2. The van der Waals surface area contributed by atoms with Crippen molar-refractivity contribution in [1.82, 2.24) is 4.72 Å². The number of aryl methyl sites for hydroxylation is 1. The van der Waals surface area contributed by atoms with Gasteiger partial charge in [0.15, 0.2) is 5.76 Å². The van der Waals surface area contributed by atoms with Gasteiger partial charge in [-0.3, -0.25) is 4.79 Å². The number of amides is 1. The number of benzene rings is 2. The Hall–Kier alpha value is -3.10. The third-order valence-electron chi connectivity index (χ3n) is 4.10. The first-order valence-corrected chi connectivity index (χ1v) is 10.9. The number of hydrogen-bond donors (Lipinski definition) is 2. The van der Waals surface area contributed by atoms with Crippen LogP contribution in [0.15, 0.2) is 70.0 Å². The number of furan rings is 1. The molecular formula is C22H24N2O5S. The Labute approximate surface area is 176 Å². The Kier molecular flexibility index (Phi) is 6.59. The summed E-state index contributed by atoms with van der Waals surface area (Å²) in [5.41, 5.74) is 1.60. The summed E-state index contributed by atoms with van der Waals surface area (Å²) in [6.07, 6.45) is 0. The summed E-state index contributed by atoms with van der Waals surface area (Å²) >= 11 is 0. The van der Waals surface area contributed by atoms with Gasteiger partial charge in [-0.05, 0) is 69.3 Å². The number of carbonyl (C=O) groups is 1. The molecule has 0 aliphatic rings. The van der Waals surface area contributed by atoms with Crippen molar-refractivity contribution in [1.29, 1.82) is 0 Å². The lowest BCUT2D eigenvalue weighted by Gasteiger charge is -2.10. The number of nitrogens with one attached hydrogen (secondary N) is 2. The minimum atomic E-state index is -3.58. The second kappa shape index (κ2) is 9.15. The van der Waals surface area contributed by atoms with Gasteiger partial charge in [-0.25, -0.2) is 13.1 Å². The highest BCUT2D eigenvalue weighted by molar-refractivity contribution is 7.89. The van der Waals surface area contributed by atoms with Crippen LogP contribution in [0.2, 0.25) is 0 Å². The molecule has 7 nitrogen and oxygen atoms in total. The van der Waals surface area contributed by atoms with Crippen LogP contribution < -0.4 is 14.8 Å². The van der Waals surface area contributed by atoms with Gasteiger partial charge in [0.05, 0.1) is 4.90 Å².